The van der Waals surface area contributed by atoms with Crippen molar-refractivity contribution in [1.29, 1.82) is 0 Å². The number of fused-ring (bicyclic) bond motifs is 7. The highest BCUT2D eigenvalue weighted by Crippen LogP contribution is 2.55. The van der Waals surface area contributed by atoms with E-state index >= 15 is 0 Å². The van der Waals surface area contributed by atoms with Crippen molar-refractivity contribution in [2.75, 3.05) is 9.80 Å². The molecule has 0 fully saturated rings. The predicted octanol–water partition coefficient (Wildman–Crippen LogP) is 27.3. The molecular weight excluding hydrogens is 1300 g/mol. The fraction of sp³-hybridized carbons (Fsp3) is 0.250. The van der Waals surface area contributed by atoms with Gasteiger partial charge in [0, 0.05) is 61.5 Å². The molecule has 0 aliphatic carbocycles. The molecule has 0 bridgehead atoms. The fourth-order valence-electron chi connectivity index (χ4n) is 16.7. The lowest BCUT2D eigenvalue weighted by Gasteiger charge is -2.46. The zero-order valence-corrected chi connectivity index (χ0v) is 66.7. The van der Waals surface area contributed by atoms with Gasteiger partial charge in [-0.3, -0.25) is 0 Å². The number of rotatable bonds is 9. The van der Waals surface area contributed by atoms with E-state index in [0.29, 0.717) is 5.69 Å². The lowest BCUT2D eigenvalue weighted by molar-refractivity contribution is 0.589. The Morgan fingerprint density at radius 2 is 0.630 bits per heavy atom. The second-order valence-electron chi connectivity index (χ2n) is 36.6. The summed E-state index contributed by atoms with van der Waals surface area (Å²) in [5, 5.41) is 0.0271. The molecule has 0 saturated carbocycles. The van der Waals surface area contributed by atoms with Gasteiger partial charge in [-0.05, 0) is 194 Å². The Morgan fingerprint density at radius 3 is 1.00 bits per heavy atom. The maximum absolute atomic E-state index is 9.95. The van der Waals surface area contributed by atoms with Gasteiger partial charge in [-0.25, -0.2) is 0 Å². The Hall–Kier alpha value is -10.7. The lowest BCUT2D eigenvalue weighted by atomic mass is 9.33. The topological polar surface area (TPSA) is 11.4 Å². The van der Waals surface area contributed by atoms with Crippen molar-refractivity contribution >= 4 is 79.0 Å². The van der Waals surface area contributed by atoms with Crippen molar-refractivity contribution in [3.8, 4) is 72.4 Å². The molecule has 0 spiro atoms. The minimum absolute atomic E-state index is 0.0135. The quantitative estimate of drug-likeness (QED) is 0.133. The van der Waals surface area contributed by atoms with Crippen LogP contribution in [0.15, 0.2) is 267 Å². The van der Waals surface area contributed by atoms with Gasteiger partial charge in [0.2, 0.25) is 0 Å². The Bertz CT molecular complexity index is 6100. The Balaban J connectivity index is 1.13. The first kappa shape index (κ1) is 62.4. The second kappa shape index (κ2) is 26.0. The van der Waals surface area contributed by atoms with Gasteiger partial charge in [0.15, 0.2) is 0 Å². The normalized spacial score (nSPS) is 14.4. The molecule has 2 aliphatic rings. The molecule has 0 radical (unpaired) electrons. The van der Waals surface area contributed by atoms with E-state index in [1.54, 1.807) is 4.57 Å². The molecule has 2 aliphatic heterocycles. The van der Waals surface area contributed by atoms with Gasteiger partial charge in [-0.2, -0.15) is 0 Å². The highest BCUT2D eigenvalue weighted by molar-refractivity contribution is 7.00. The Kier molecular flexibility index (Phi) is 15.0. The van der Waals surface area contributed by atoms with Crippen molar-refractivity contribution in [2.45, 2.75) is 171 Å². The summed E-state index contributed by atoms with van der Waals surface area (Å²) in [7, 11) is 0. The van der Waals surface area contributed by atoms with E-state index in [-0.39, 0.29) is 66.4 Å². The number of aryl methyl sites for hydroxylation is 2. The highest BCUT2D eigenvalue weighted by Gasteiger charge is 2.46. The van der Waals surface area contributed by atoms with Crippen molar-refractivity contribution in [1.82, 2.24) is 4.57 Å². The molecule has 16 rings (SSSR count). The van der Waals surface area contributed by atoms with Crippen LogP contribution in [0, 0.1) is 13.8 Å². The molecular formula is C104H104BN3. The average molecular weight is 1410 g/mol. The van der Waals surface area contributed by atoms with Crippen LogP contribution in [0.5, 0.6) is 0 Å². The van der Waals surface area contributed by atoms with E-state index in [1.807, 2.05) is 6.07 Å². The summed E-state index contributed by atoms with van der Waals surface area (Å²) < 4.78 is 78.0. The molecule has 3 heterocycles. The zero-order chi connectivity index (χ0) is 83.0. The molecule has 4 heteroatoms. The third kappa shape index (κ3) is 12.6. The van der Waals surface area contributed by atoms with Crippen molar-refractivity contribution in [2.24, 2.45) is 0 Å². The maximum Gasteiger partial charge on any atom is 0.252 e. The van der Waals surface area contributed by atoms with E-state index in [4.69, 9.17) is 2.74 Å². The van der Waals surface area contributed by atoms with Gasteiger partial charge in [0.1, 0.15) is 0 Å². The molecule has 0 atom stereocenters. The van der Waals surface area contributed by atoms with Crippen LogP contribution in [-0.2, 0) is 32.5 Å². The summed E-state index contributed by atoms with van der Waals surface area (Å²) in [4.78, 5) is 5.08. The second-order valence-corrected chi connectivity index (χ2v) is 36.6. The standard InChI is InChI=1S/C104H104BN3/c1-65-59-79(104(18,19)20)60-66(2)95(65)72-45-58-91-88(61-72)105-87-57-56-80(106-89-33-23-21-27-85(89)86-28-22-24-34-90(86)106)64-92(87)108(98-83(70-41-52-77(53-42-70)102(12,13)14)31-26-32-84(98)71-43-54-78(55-44-71)103(15,16)17)94-63-73(67-35-46-74(47-36-67)99(3,4)5)62-93(96(94)105)107(91)97-81(68-37-48-75(49-38-68)100(6,7)8)29-25-30-82(97)69-39-50-76(51-40-69)101(9,10)11/h21-64H,1-20H3/i21D,22D,23D,24D,27D,28D,33D,34D. The Labute approximate surface area is 655 Å². The summed E-state index contributed by atoms with van der Waals surface area (Å²) in [6.45, 7) is 44.7. The first-order valence-electron chi connectivity index (χ1n) is 42.5. The fourth-order valence-corrected chi connectivity index (χ4v) is 16.7. The van der Waals surface area contributed by atoms with Crippen LogP contribution in [0.25, 0.3) is 94.3 Å². The smallest absolute Gasteiger partial charge is 0.252 e. The van der Waals surface area contributed by atoms with Gasteiger partial charge in [0.05, 0.1) is 33.4 Å². The number of hydrogen-bond acceptors (Lipinski definition) is 2. The summed E-state index contributed by atoms with van der Waals surface area (Å²) in [5.74, 6) is 0. The third-order valence-electron chi connectivity index (χ3n) is 22.9. The van der Waals surface area contributed by atoms with Crippen LogP contribution in [0.1, 0.15) is 180 Å². The van der Waals surface area contributed by atoms with E-state index in [1.165, 1.54) is 44.5 Å². The number of benzene rings is 13. The molecule has 0 amide bonds. The third-order valence-corrected chi connectivity index (χ3v) is 22.9. The summed E-state index contributed by atoms with van der Waals surface area (Å²) >= 11 is 0. The van der Waals surface area contributed by atoms with Crippen LogP contribution in [0.3, 0.4) is 0 Å². The van der Waals surface area contributed by atoms with E-state index < -0.39 is 43.0 Å². The van der Waals surface area contributed by atoms with Crippen LogP contribution in [-0.4, -0.2) is 11.3 Å². The van der Waals surface area contributed by atoms with Gasteiger partial charge in [-0.15, -0.1) is 0 Å². The number of para-hydroxylation sites is 4. The molecule has 0 N–H and O–H groups in total. The molecule has 538 valence electrons. The maximum atomic E-state index is 9.95. The molecule has 14 aromatic rings. The number of aromatic nitrogens is 1. The van der Waals surface area contributed by atoms with Crippen molar-refractivity contribution in [3.05, 3.63) is 311 Å². The van der Waals surface area contributed by atoms with Crippen LogP contribution in [0.4, 0.5) is 34.1 Å². The molecule has 13 aromatic carbocycles. The van der Waals surface area contributed by atoms with Gasteiger partial charge >= 0.3 is 0 Å². The van der Waals surface area contributed by atoms with E-state index in [2.05, 4.69) is 361 Å². The summed E-state index contributed by atoms with van der Waals surface area (Å²) in [5.41, 5.74) is 30.4. The molecule has 0 unspecified atom stereocenters. The predicted molar refractivity (Wildman–Crippen MR) is 469 cm³/mol. The largest absolute Gasteiger partial charge is 0.310 e. The van der Waals surface area contributed by atoms with Gasteiger partial charge in [0.25, 0.3) is 6.71 Å². The average Bonchev–Trinajstić information content (AvgIpc) is 1.21. The van der Waals surface area contributed by atoms with Crippen LogP contribution >= 0.6 is 0 Å². The monoisotopic (exact) mass is 1410 g/mol. The Morgan fingerprint density at radius 1 is 0.287 bits per heavy atom. The van der Waals surface area contributed by atoms with E-state index in [0.717, 1.165) is 117 Å². The summed E-state index contributed by atoms with van der Waals surface area (Å²) in [6, 6.07) is 78.7. The number of hydrogen-bond donors (Lipinski definition) is 0. The molecule has 108 heavy (non-hydrogen) atoms. The number of nitrogens with zero attached hydrogens (tertiary/aromatic N) is 3. The molecule has 0 saturated heterocycles. The summed E-state index contributed by atoms with van der Waals surface area (Å²) in [6.07, 6.45) is 0. The minimum Gasteiger partial charge on any atom is -0.310 e. The first-order valence-corrected chi connectivity index (χ1v) is 38.5. The SMILES string of the molecule is [2H]c1c([2H])c([2H])c2c(c1[2H])c1c([2H])c([2H])c([2H])c([2H])c1n2-c1ccc2c(c1)N(c1c(-c3ccc(C(C)(C)C)cc3)cccc1-c1ccc(C(C)(C)C)cc1)c1cc(-c3ccc(C(C)(C)C)cc3)cc3c1B2c1cc(-c2c(C)cc(C(C)(C)C)cc2C)ccc1N3c1c(-c2ccc(C(C)(C)C)cc2)cccc1-c1ccc(C(C)(C)C)cc1. The minimum atomic E-state index is -0.522. The van der Waals surface area contributed by atoms with Gasteiger partial charge in [-0.1, -0.05) is 349 Å². The lowest BCUT2D eigenvalue weighted by Crippen LogP contribution is -2.61. The van der Waals surface area contributed by atoms with Crippen LogP contribution < -0.4 is 26.2 Å². The van der Waals surface area contributed by atoms with Crippen molar-refractivity contribution in [3.63, 3.8) is 0 Å². The highest BCUT2D eigenvalue weighted by atomic mass is 15.2. The van der Waals surface area contributed by atoms with E-state index in [9.17, 15) is 8.22 Å². The zero-order valence-electron chi connectivity index (χ0n) is 74.7. The molecule has 3 nitrogen and oxygen atoms in total. The molecule has 1 aromatic heterocycles. The number of anilines is 6. The first-order chi connectivity index (χ1) is 54.5. The van der Waals surface area contributed by atoms with Gasteiger partial charge < -0.3 is 14.4 Å². The van der Waals surface area contributed by atoms with Crippen LogP contribution in [0.2, 0.25) is 0 Å². The van der Waals surface area contributed by atoms with Crippen molar-refractivity contribution < 1.29 is 11.0 Å².